The number of non-ortho nitro benzene ring substituents is 1. The van der Waals surface area contributed by atoms with Crippen molar-refractivity contribution in [3.8, 4) is 5.75 Å². The Morgan fingerprint density at radius 2 is 2.04 bits per heavy atom. The number of aryl methyl sites for hydroxylation is 1. The van der Waals surface area contributed by atoms with Crippen LogP contribution in [0.1, 0.15) is 28.5 Å². The van der Waals surface area contributed by atoms with E-state index in [-0.39, 0.29) is 5.69 Å². The van der Waals surface area contributed by atoms with Gasteiger partial charge in [-0.2, -0.15) is 5.10 Å². The molecule has 2 aromatic carbocycles. The second-order valence-corrected chi connectivity index (χ2v) is 5.81. The molecule has 0 atom stereocenters. The average Bonchev–Trinajstić information content (AvgIpc) is 2.99. The van der Waals surface area contributed by atoms with Crippen LogP contribution < -0.4 is 10.2 Å². The number of nitro groups is 1. The van der Waals surface area contributed by atoms with Gasteiger partial charge in [-0.3, -0.25) is 14.9 Å². The SMILES string of the molecule is CCOc1ccc(/C=N/NC(=O)c2[nH]c3ccc([N+](=O)[O-])cc3c2C)cc1. The predicted octanol–water partition coefficient (Wildman–Crippen LogP) is 3.55. The largest absolute Gasteiger partial charge is 0.494 e. The molecule has 1 amide bonds. The summed E-state index contributed by atoms with van der Waals surface area (Å²) in [6.45, 7) is 4.24. The molecule has 0 radical (unpaired) electrons. The highest BCUT2D eigenvalue weighted by Gasteiger charge is 2.16. The Kier molecular flexibility index (Phi) is 5.16. The third-order valence-electron chi connectivity index (χ3n) is 4.05. The molecule has 27 heavy (non-hydrogen) atoms. The van der Waals surface area contributed by atoms with E-state index in [0.717, 1.165) is 11.3 Å². The van der Waals surface area contributed by atoms with Gasteiger partial charge in [-0.1, -0.05) is 0 Å². The van der Waals surface area contributed by atoms with Crippen molar-refractivity contribution in [2.75, 3.05) is 6.61 Å². The fourth-order valence-electron chi connectivity index (χ4n) is 2.69. The molecule has 2 N–H and O–H groups in total. The number of nitrogens with one attached hydrogen (secondary N) is 2. The predicted molar refractivity (Wildman–Crippen MR) is 102 cm³/mol. The molecule has 0 aliphatic rings. The van der Waals surface area contributed by atoms with E-state index < -0.39 is 10.8 Å². The second-order valence-electron chi connectivity index (χ2n) is 5.81. The molecule has 8 nitrogen and oxygen atoms in total. The molecule has 0 aliphatic heterocycles. The summed E-state index contributed by atoms with van der Waals surface area (Å²) < 4.78 is 5.37. The third kappa shape index (κ3) is 3.95. The lowest BCUT2D eigenvalue weighted by molar-refractivity contribution is -0.384. The Hall–Kier alpha value is -3.68. The highest BCUT2D eigenvalue weighted by atomic mass is 16.6. The Morgan fingerprint density at radius 1 is 1.30 bits per heavy atom. The molecule has 0 saturated heterocycles. The van der Waals surface area contributed by atoms with Gasteiger partial charge in [0.2, 0.25) is 0 Å². The zero-order valence-electron chi connectivity index (χ0n) is 14.9. The van der Waals surface area contributed by atoms with E-state index in [9.17, 15) is 14.9 Å². The van der Waals surface area contributed by atoms with Crippen molar-refractivity contribution < 1.29 is 14.5 Å². The lowest BCUT2D eigenvalue weighted by Gasteiger charge is -2.02. The van der Waals surface area contributed by atoms with Crippen molar-refractivity contribution in [2.24, 2.45) is 5.10 Å². The number of hydrogen-bond donors (Lipinski definition) is 2. The Bertz CT molecular complexity index is 1020. The molecule has 0 saturated carbocycles. The molecule has 0 spiro atoms. The zero-order valence-corrected chi connectivity index (χ0v) is 14.9. The first-order valence-corrected chi connectivity index (χ1v) is 8.32. The molecular weight excluding hydrogens is 348 g/mol. The van der Waals surface area contributed by atoms with Gasteiger partial charge in [-0.15, -0.1) is 0 Å². The van der Waals surface area contributed by atoms with E-state index in [1.807, 2.05) is 31.2 Å². The fourth-order valence-corrected chi connectivity index (χ4v) is 2.69. The number of hydrogen-bond acceptors (Lipinski definition) is 5. The van der Waals surface area contributed by atoms with Crippen LogP contribution in [-0.2, 0) is 0 Å². The maximum absolute atomic E-state index is 12.4. The minimum atomic E-state index is -0.466. The summed E-state index contributed by atoms with van der Waals surface area (Å²) in [6.07, 6.45) is 1.52. The summed E-state index contributed by atoms with van der Waals surface area (Å²) in [5.74, 6) is 0.343. The number of hydrazone groups is 1. The van der Waals surface area contributed by atoms with Crippen LogP contribution in [0.25, 0.3) is 10.9 Å². The van der Waals surface area contributed by atoms with E-state index in [0.29, 0.717) is 28.8 Å². The Morgan fingerprint density at radius 3 is 2.70 bits per heavy atom. The molecule has 138 valence electrons. The number of aromatic amines is 1. The van der Waals surface area contributed by atoms with Crippen molar-refractivity contribution in [3.63, 3.8) is 0 Å². The number of amides is 1. The van der Waals surface area contributed by atoms with Crippen molar-refractivity contribution >= 4 is 28.7 Å². The molecule has 3 rings (SSSR count). The summed E-state index contributed by atoms with van der Waals surface area (Å²) >= 11 is 0. The quantitative estimate of drug-likeness (QED) is 0.395. The Labute approximate surface area is 155 Å². The highest BCUT2D eigenvalue weighted by Crippen LogP contribution is 2.26. The number of nitro benzene ring substituents is 1. The van der Waals surface area contributed by atoms with Gasteiger partial charge in [0, 0.05) is 23.0 Å². The van der Waals surface area contributed by atoms with Gasteiger partial charge in [0.15, 0.2) is 0 Å². The van der Waals surface area contributed by atoms with E-state index in [1.165, 1.54) is 18.3 Å². The Balaban J connectivity index is 1.74. The van der Waals surface area contributed by atoms with E-state index in [4.69, 9.17) is 4.74 Å². The van der Waals surface area contributed by atoms with Crippen LogP contribution >= 0.6 is 0 Å². The number of nitrogens with zero attached hydrogens (tertiary/aromatic N) is 2. The molecule has 1 heterocycles. The molecule has 0 aliphatic carbocycles. The van der Waals surface area contributed by atoms with Gasteiger partial charge in [-0.05, 0) is 55.3 Å². The van der Waals surface area contributed by atoms with Gasteiger partial charge < -0.3 is 9.72 Å². The minimum absolute atomic E-state index is 0.0231. The standard InChI is InChI=1S/C19H18N4O4/c1-3-27-15-7-4-13(5-8-15)11-20-22-19(24)18-12(2)16-10-14(23(25)26)6-9-17(16)21-18/h4-11,21H,3H2,1-2H3,(H,22,24)/b20-11+. The maximum Gasteiger partial charge on any atom is 0.288 e. The van der Waals surface area contributed by atoms with Crippen LogP contribution in [0.2, 0.25) is 0 Å². The number of aromatic nitrogens is 1. The van der Waals surface area contributed by atoms with Gasteiger partial charge in [0.05, 0.1) is 17.7 Å². The minimum Gasteiger partial charge on any atom is -0.494 e. The van der Waals surface area contributed by atoms with Crippen LogP contribution in [-0.4, -0.2) is 28.6 Å². The second kappa shape index (κ2) is 7.69. The number of H-pyrrole nitrogens is 1. The zero-order chi connectivity index (χ0) is 19.4. The summed E-state index contributed by atoms with van der Waals surface area (Å²) in [7, 11) is 0. The van der Waals surface area contributed by atoms with Gasteiger partial charge in [-0.25, -0.2) is 5.43 Å². The van der Waals surface area contributed by atoms with E-state index >= 15 is 0 Å². The number of carbonyl (C=O) groups is 1. The molecule has 8 heteroatoms. The van der Waals surface area contributed by atoms with Crippen molar-refractivity contribution in [2.45, 2.75) is 13.8 Å². The smallest absolute Gasteiger partial charge is 0.288 e. The normalized spacial score (nSPS) is 11.0. The molecule has 3 aromatic rings. The van der Waals surface area contributed by atoms with E-state index in [1.54, 1.807) is 13.0 Å². The van der Waals surface area contributed by atoms with Gasteiger partial charge in [0.1, 0.15) is 11.4 Å². The first-order chi connectivity index (χ1) is 13.0. The van der Waals surface area contributed by atoms with Crippen LogP contribution in [0.3, 0.4) is 0 Å². The van der Waals surface area contributed by atoms with Crippen molar-refractivity contribution in [1.82, 2.24) is 10.4 Å². The molecule has 0 fully saturated rings. The van der Waals surface area contributed by atoms with Crippen molar-refractivity contribution in [3.05, 3.63) is 69.4 Å². The number of carbonyl (C=O) groups excluding carboxylic acids is 1. The summed E-state index contributed by atoms with van der Waals surface area (Å²) in [5.41, 5.74) is 4.84. The highest BCUT2D eigenvalue weighted by molar-refractivity contribution is 6.01. The first kappa shape index (κ1) is 18.1. The summed E-state index contributed by atoms with van der Waals surface area (Å²) in [6, 6.07) is 11.7. The monoisotopic (exact) mass is 366 g/mol. The number of rotatable bonds is 6. The molecule has 1 aromatic heterocycles. The fraction of sp³-hybridized carbons (Fsp3) is 0.158. The van der Waals surface area contributed by atoms with Crippen molar-refractivity contribution in [1.29, 1.82) is 0 Å². The number of ether oxygens (including phenoxy) is 1. The lowest BCUT2D eigenvalue weighted by atomic mass is 10.1. The molecular formula is C19H18N4O4. The first-order valence-electron chi connectivity index (χ1n) is 8.32. The van der Waals surface area contributed by atoms with Gasteiger partial charge in [0.25, 0.3) is 11.6 Å². The summed E-state index contributed by atoms with van der Waals surface area (Å²) in [4.78, 5) is 25.8. The molecule has 0 unspecified atom stereocenters. The van der Waals surface area contributed by atoms with Crippen LogP contribution in [0.4, 0.5) is 5.69 Å². The lowest BCUT2D eigenvalue weighted by Crippen LogP contribution is -2.18. The molecule has 0 bridgehead atoms. The van der Waals surface area contributed by atoms with E-state index in [2.05, 4.69) is 15.5 Å². The summed E-state index contributed by atoms with van der Waals surface area (Å²) in [5, 5.41) is 15.5. The van der Waals surface area contributed by atoms with Gasteiger partial charge >= 0.3 is 0 Å². The number of fused-ring (bicyclic) bond motifs is 1. The number of benzene rings is 2. The third-order valence-corrected chi connectivity index (χ3v) is 4.05. The topological polar surface area (TPSA) is 110 Å². The van der Waals surface area contributed by atoms with Crippen LogP contribution in [0.15, 0.2) is 47.6 Å². The maximum atomic E-state index is 12.4. The average molecular weight is 366 g/mol. The van der Waals surface area contributed by atoms with Crippen LogP contribution in [0, 0.1) is 17.0 Å². The van der Waals surface area contributed by atoms with Crippen LogP contribution in [0.5, 0.6) is 5.75 Å².